The molecule has 0 unspecified atom stereocenters. The van der Waals surface area contributed by atoms with Crippen molar-refractivity contribution in [1.29, 1.82) is 0 Å². The van der Waals surface area contributed by atoms with Gasteiger partial charge in [0, 0.05) is 0 Å². The molecule has 0 radical (unpaired) electrons. The van der Waals surface area contributed by atoms with E-state index in [9.17, 15) is 4.79 Å². The largest absolute Gasteiger partial charge is 0.367 e. The second kappa shape index (κ2) is 3.89. The van der Waals surface area contributed by atoms with Crippen LogP contribution in [0.25, 0.3) is 11.1 Å². The van der Waals surface area contributed by atoms with Crippen LogP contribution in [0, 0.1) is 0 Å². The van der Waals surface area contributed by atoms with E-state index in [1.54, 1.807) is 0 Å². The number of aromatic amines is 1. The summed E-state index contributed by atoms with van der Waals surface area (Å²) in [5.41, 5.74) is 7.70. The van der Waals surface area contributed by atoms with E-state index in [-0.39, 0.29) is 11.4 Å². The molecule has 4 nitrogen and oxygen atoms in total. The highest BCUT2D eigenvalue weighted by Crippen LogP contribution is 2.29. The van der Waals surface area contributed by atoms with E-state index in [4.69, 9.17) is 10.3 Å². The van der Waals surface area contributed by atoms with Crippen molar-refractivity contribution >= 4 is 5.88 Å². The Morgan fingerprint density at radius 3 is 2.56 bits per heavy atom. The van der Waals surface area contributed by atoms with Crippen molar-refractivity contribution in [2.24, 2.45) is 0 Å². The van der Waals surface area contributed by atoms with Crippen LogP contribution in [0.2, 0.25) is 0 Å². The van der Waals surface area contributed by atoms with E-state index in [1.165, 1.54) is 0 Å². The van der Waals surface area contributed by atoms with Crippen LogP contribution in [-0.2, 0) is 0 Å². The van der Waals surface area contributed by atoms with Crippen molar-refractivity contribution in [3.05, 3.63) is 40.2 Å². The molecule has 0 aliphatic rings. The first kappa shape index (κ1) is 10.5. The number of benzene rings is 1. The zero-order valence-corrected chi connectivity index (χ0v) is 9.28. The molecule has 0 amide bonds. The Morgan fingerprint density at radius 2 is 2.00 bits per heavy atom. The summed E-state index contributed by atoms with van der Waals surface area (Å²) in [4.78, 5) is 11.6. The van der Waals surface area contributed by atoms with Gasteiger partial charge in [0.1, 0.15) is 5.56 Å². The molecule has 4 heteroatoms. The van der Waals surface area contributed by atoms with Crippen molar-refractivity contribution in [3.8, 4) is 11.1 Å². The van der Waals surface area contributed by atoms with Crippen LogP contribution in [0.1, 0.15) is 25.3 Å². The maximum Gasteiger partial charge on any atom is 0.290 e. The fourth-order valence-electron chi connectivity index (χ4n) is 1.80. The molecule has 0 saturated carbocycles. The van der Waals surface area contributed by atoms with Gasteiger partial charge in [-0.1, -0.05) is 38.1 Å². The lowest BCUT2D eigenvalue weighted by atomic mass is 9.94. The van der Waals surface area contributed by atoms with Crippen molar-refractivity contribution in [2.45, 2.75) is 19.8 Å². The quantitative estimate of drug-likeness (QED) is 0.812. The first-order valence-electron chi connectivity index (χ1n) is 5.17. The minimum absolute atomic E-state index is 0.137. The summed E-state index contributed by atoms with van der Waals surface area (Å²) in [7, 11) is 0. The van der Waals surface area contributed by atoms with E-state index >= 15 is 0 Å². The topological polar surface area (TPSA) is 72.0 Å². The molecule has 1 aromatic heterocycles. The van der Waals surface area contributed by atoms with Crippen molar-refractivity contribution in [2.75, 3.05) is 5.73 Å². The normalized spacial score (nSPS) is 10.9. The highest BCUT2D eigenvalue weighted by molar-refractivity contribution is 5.74. The SMILES string of the molecule is CC(C)c1ccccc1-c1c(N)o[nH]c1=O. The monoisotopic (exact) mass is 218 g/mol. The van der Waals surface area contributed by atoms with Crippen LogP contribution in [0.4, 0.5) is 5.88 Å². The van der Waals surface area contributed by atoms with Gasteiger partial charge in [0.25, 0.3) is 5.56 Å². The van der Waals surface area contributed by atoms with Gasteiger partial charge in [-0.3, -0.25) is 4.79 Å². The standard InChI is InChI=1S/C12H14N2O2/c1-7(2)8-5-3-4-6-9(8)10-11(13)16-14-12(10)15/h3-7H,13H2,1-2H3,(H,14,15). The smallest absolute Gasteiger partial charge is 0.290 e. The summed E-state index contributed by atoms with van der Waals surface area (Å²) in [6, 6.07) is 7.70. The summed E-state index contributed by atoms with van der Waals surface area (Å²) >= 11 is 0. The zero-order valence-electron chi connectivity index (χ0n) is 9.28. The fraction of sp³-hybridized carbons (Fsp3) is 0.250. The third kappa shape index (κ3) is 1.62. The first-order chi connectivity index (χ1) is 7.61. The van der Waals surface area contributed by atoms with Gasteiger partial charge in [-0.2, -0.15) is 5.16 Å². The molecule has 0 aliphatic heterocycles. The predicted molar refractivity (Wildman–Crippen MR) is 63.3 cm³/mol. The van der Waals surface area contributed by atoms with Crippen LogP contribution in [0.15, 0.2) is 33.6 Å². The van der Waals surface area contributed by atoms with Gasteiger partial charge in [0.2, 0.25) is 5.88 Å². The van der Waals surface area contributed by atoms with E-state index in [0.717, 1.165) is 11.1 Å². The van der Waals surface area contributed by atoms with Crippen LogP contribution in [0.3, 0.4) is 0 Å². The summed E-state index contributed by atoms with van der Waals surface area (Å²) in [5.74, 6) is 0.461. The molecule has 0 atom stereocenters. The van der Waals surface area contributed by atoms with Gasteiger partial charge in [0.15, 0.2) is 0 Å². The van der Waals surface area contributed by atoms with Gasteiger partial charge in [-0.05, 0) is 17.0 Å². The Morgan fingerprint density at radius 1 is 1.31 bits per heavy atom. The lowest BCUT2D eigenvalue weighted by molar-refractivity contribution is 0.430. The number of nitrogens with two attached hydrogens (primary N) is 1. The molecule has 84 valence electrons. The van der Waals surface area contributed by atoms with Crippen molar-refractivity contribution < 1.29 is 4.52 Å². The van der Waals surface area contributed by atoms with Crippen LogP contribution in [0.5, 0.6) is 0 Å². The van der Waals surface area contributed by atoms with Gasteiger partial charge in [-0.25, -0.2) is 0 Å². The summed E-state index contributed by atoms with van der Waals surface area (Å²) in [6.45, 7) is 4.15. The van der Waals surface area contributed by atoms with Gasteiger partial charge in [-0.15, -0.1) is 0 Å². The van der Waals surface area contributed by atoms with Crippen molar-refractivity contribution in [1.82, 2.24) is 5.16 Å². The average molecular weight is 218 g/mol. The van der Waals surface area contributed by atoms with Crippen LogP contribution in [-0.4, -0.2) is 5.16 Å². The summed E-state index contributed by atoms with van der Waals surface area (Å²) in [6.07, 6.45) is 0. The molecular formula is C12H14N2O2. The molecule has 0 fully saturated rings. The number of aromatic nitrogens is 1. The molecule has 16 heavy (non-hydrogen) atoms. The summed E-state index contributed by atoms with van der Waals surface area (Å²) < 4.78 is 4.82. The number of hydrogen-bond acceptors (Lipinski definition) is 3. The third-order valence-electron chi connectivity index (χ3n) is 2.58. The lowest BCUT2D eigenvalue weighted by Crippen LogP contribution is -2.04. The van der Waals surface area contributed by atoms with E-state index in [0.29, 0.717) is 11.5 Å². The fourth-order valence-corrected chi connectivity index (χ4v) is 1.80. The number of hydrogen-bond donors (Lipinski definition) is 2. The molecule has 2 rings (SSSR count). The Bertz CT molecular complexity index is 552. The number of nitrogen functional groups attached to an aromatic ring is 1. The Hall–Kier alpha value is -1.97. The maximum absolute atomic E-state index is 11.6. The lowest BCUT2D eigenvalue weighted by Gasteiger charge is -2.10. The van der Waals surface area contributed by atoms with E-state index in [1.807, 2.05) is 24.3 Å². The molecule has 0 spiro atoms. The minimum Gasteiger partial charge on any atom is -0.367 e. The molecular weight excluding hydrogens is 204 g/mol. The van der Waals surface area contributed by atoms with Gasteiger partial charge >= 0.3 is 0 Å². The average Bonchev–Trinajstić information content (AvgIpc) is 2.58. The van der Waals surface area contributed by atoms with Crippen LogP contribution < -0.4 is 11.3 Å². The molecule has 0 aliphatic carbocycles. The number of nitrogens with one attached hydrogen (secondary N) is 1. The zero-order chi connectivity index (χ0) is 11.7. The van der Waals surface area contributed by atoms with E-state index < -0.39 is 0 Å². The predicted octanol–water partition coefficient (Wildman–Crippen LogP) is 2.34. The molecule has 0 bridgehead atoms. The maximum atomic E-state index is 11.6. The highest BCUT2D eigenvalue weighted by atomic mass is 16.5. The molecule has 0 saturated heterocycles. The Balaban J connectivity index is 2.69. The number of rotatable bonds is 2. The molecule has 2 aromatic rings. The number of H-pyrrole nitrogens is 1. The molecule has 1 aromatic carbocycles. The minimum atomic E-state index is -0.286. The van der Waals surface area contributed by atoms with Gasteiger partial charge < -0.3 is 10.3 Å². The first-order valence-corrected chi connectivity index (χ1v) is 5.17. The second-order valence-electron chi connectivity index (χ2n) is 4.01. The molecule has 3 N–H and O–H groups in total. The van der Waals surface area contributed by atoms with Gasteiger partial charge in [0.05, 0.1) is 0 Å². The Kier molecular flexibility index (Phi) is 2.56. The second-order valence-corrected chi connectivity index (χ2v) is 4.01. The Labute approximate surface area is 93.1 Å². The summed E-state index contributed by atoms with van der Waals surface area (Å²) in [5, 5.41) is 2.25. The molecule has 1 heterocycles. The van der Waals surface area contributed by atoms with Crippen LogP contribution >= 0.6 is 0 Å². The highest BCUT2D eigenvalue weighted by Gasteiger charge is 2.16. The van der Waals surface area contributed by atoms with E-state index in [2.05, 4.69) is 19.0 Å². The van der Waals surface area contributed by atoms with Crippen molar-refractivity contribution in [3.63, 3.8) is 0 Å². The number of anilines is 1. The third-order valence-corrected chi connectivity index (χ3v) is 2.58.